The number of aliphatic hydroxyl groups excluding tert-OH is 1. The van der Waals surface area contributed by atoms with Gasteiger partial charge in [0.05, 0.1) is 16.2 Å². The molecule has 2 aromatic heterocycles. The van der Waals surface area contributed by atoms with Crippen LogP contribution < -0.4 is 5.69 Å². The molecule has 3 rings (SSSR count). The molecular weight excluding hydrogens is 308 g/mol. The van der Waals surface area contributed by atoms with Crippen molar-refractivity contribution >= 4 is 26.4 Å². The Hall–Kier alpha value is -2.26. The Bertz CT molecular complexity index is 1020. The van der Waals surface area contributed by atoms with E-state index < -0.39 is 15.5 Å². The Labute approximate surface area is 125 Å². The minimum atomic E-state index is -3.38. The Kier molecular flexibility index (Phi) is 3.45. The fourth-order valence-corrected chi connectivity index (χ4v) is 3.66. The van der Waals surface area contributed by atoms with E-state index in [1.165, 1.54) is 18.2 Å². The molecule has 2 N–H and O–H groups in total. The van der Waals surface area contributed by atoms with Gasteiger partial charge in [-0.1, -0.05) is 6.92 Å². The van der Waals surface area contributed by atoms with Gasteiger partial charge in [0.2, 0.25) is 0 Å². The summed E-state index contributed by atoms with van der Waals surface area (Å²) in [6, 6.07) is 4.42. The summed E-state index contributed by atoms with van der Waals surface area (Å²) in [6.07, 6.45) is 0.515. The number of benzene rings is 1. The first kappa shape index (κ1) is 14.7. The van der Waals surface area contributed by atoms with E-state index in [1.807, 2.05) is 0 Å². The summed E-state index contributed by atoms with van der Waals surface area (Å²) in [5.41, 5.74) is 0.0869. The Morgan fingerprint density at radius 3 is 2.82 bits per heavy atom. The van der Waals surface area contributed by atoms with E-state index in [4.69, 9.17) is 5.11 Å². The molecule has 0 unspecified atom stereocenters. The monoisotopic (exact) mass is 322 g/mol. The van der Waals surface area contributed by atoms with Gasteiger partial charge in [-0.25, -0.2) is 13.2 Å². The third-order valence-electron chi connectivity index (χ3n) is 3.30. The number of aromatic amines is 1. The summed E-state index contributed by atoms with van der Waals surface area (Å²) in [6.45, 7) is 1.43. The largest absolute Gasteiger partial charge is 0.388 e. The SMILES string of the molecule is CCCS(=O)(=O)c1ccc2nc(=O)n3nc(CO)[nH]c3c2c1. The van der Waals surface area contributed by atoms with Gasteiger partial charge in [-0.05, 0) is 24.6 Å². The molecule has 0 radical (unpaired) electrons. The highest BCUT2D eigenvalue weighted by atomic mass is 32.2. The normalized spacial score (nSPS) is 12.3. The van der Waals surface area contributed by atoms with Crippen molar-refractivity contribution in [2.45, 2.75) is 24.8 Å². The van der Waals surface area contributed by atoms with Crippen molar-refractivity contribution < 1.29 is 13.5 Å². The second-order valence-electron chi connectivity index (χ2n) is 4.88. The third-order valence-corrected chi connectivity index (χ3v) is 5.22. The molecule has 3 aromatic rings. The predicted molar refractivity (Wildman–Crippen MR) is 79.4 cm³/mol. The Morgan fingerprint density at radius 2 is 2.14 bits per heavy atom. The molecule has 1 aromatic carbocycles. The molecule has 2 heterocycles. The van der Waals surface area contributed by atoms with Gasteiger partial charge in [0, 0.05) is 5.39 Å². The summed E-state index contributed by atoms with van der Waals surface area (Å²) in [7, 11) is -3.38. The molecule has 0 aliphatic heterocycles. The Balaban J connectivity index is 2.35. The van der Waals surface area contributed by atoms with Crippen LogP contribution >= 0.6 is 0 Å². The average molecular weight is 322 g/mol. The standard InChI is InChI=1S/C13H14N4O4S/c1-2-5-22(20,21)8-3-4-10-9(6-8)12-15-11(7-18)16-17(12)13(19)14-10/h3-4,6,18H,2,5,7H2,1H3,(H,15,16). The van der Waals surface area contributed by atoms with Crippen LogP contribution in [0.5, 0.6) is 0 Å². The molecule has 0 aliphatic rings. The van der Waals surface area contributed by atoms with Crippen LogP contribution in [0.25, 0.3) is 16.6 Å². The number of rotatable bonds is 4. The molecule has 0 fully saturated rings. The zero-order chi connectivity index (χ0) is 15.9. The quantitative estimate of drug-likeness (QED) is 0.711. The number of nitrogens with zero attached hydrogens (tertiary/aromatic N) is 3. The first-order valence-electron chi connectivity index (χ1n) is 6.71. The molecule has 9 heteroatoms. The molecule has 0 bridgehead atoms. The van der Waals surface area contributed by atoms with Crippen LogP contribution in [0.2, 0.25) is 0 Å². The van der Waals surface area contributed by atoms with Crippen molar-refractivity contribution in [3.63, 3.8) is 0 Å². The van der Waals surface area contributed by atoms with Crippen LogP contribution in [0.1, 0.15) is 19.2 Å². The molecular formula is C13H14N4O4S. The highest BCUT2D eigenvalue weighted by molar-refractivity contribution is 7.91. The number of sulfone groups is 1. The lowest BCUT2D eigenvalue weighted by atomic mass is 10.2. The van der Waals surface area contributed by atoms with E-state index in [1.54, 1.807) is 6.92 Å². The molecule has 0 saturated heterocycles. The summed E-state index contributed by atoms with van der Waals surface area (Å²) >= 11 is 0. The second kappa shape index (κ2) is 5.18. The summed E-state index contributed by atoms with van der Waals surface area (Å²) in [4.78, 5) is 18.7. The number of H-pyrrole nitrogens is 1. The van der Waals surface area contributed by atoms with Crippen molar-refractivity contribution in [3.05, 3.63) is 34.5 Å². The van der Waals surface area contributed by atoms with E-state index in [0.29, 0.717) is 23.0 Å². The van der Waals surface area contributed by atoms with E-state index in [0.717, 1.165) is 4.52 Å². The maximum absolute atomic E-state index is 12.2. The number of hydrogen-bond acceptors (Lipinski definition) is 6. The highest BCUT2D eigenvalue weighted by Gasteiger charge is 2.16. The summed E-state index contributed by atoms with van der Waals surface area (Å²) < 4.78 is 25.4. The van der Waals surface area contributed by atoms with Crippen LogP contribution in [0.15, 0.2) is 27.9 Å². The van der Waals surface area contributed by atoms with Gasteiger partial charge in [0.15, 0.2) is 15.7 Å². The number of aliphatic hydroxyl groups is 1. The lowest BCUT2D eigenvalue weighted by molar-refractivity contribution is 0.271. The van der Waals surface area contributed by atoms with Gasteiger partial charge in [-0.15, -0.1) is 5.10 Å². The maximum atomic E-state index is 12.2. The van der Waals surface area contributed by atoms with Crippen LogP contribution in [-0.2, 0) is 16.4 Å². The van der Waals surface area contributed by atoms with E-state index in [2.05, 4.69) is 15.1 Å². The molecule has 22 heavy (non-hydrogen) atoms. The molecule has 0 aliphatic carbocycles. The lowest BCUT2D eigenvalue weighted by Gasteiger charge is -2.04. The lowest BCUT2D eigenvalue weighted by Crippen LogP contribution is -2.17. The van der Waals surface area contributed by atoms with Crippen molar-refractivity contribution in [2.24, 2.45) is 0 Å². The van der Waals surface area contributed by atoms with E-state index >= 15 is 0 Å². The summed E-state index contributed by atoms with van der Waals surface area (Å²) in [5, 5.41) is 13.5. The van der Waals surface area contributed by atoms with Crippen molar-refractivity contribution in [1.82, 2.24) is 19.6 Å². The van der Waals surface area contributed by atoms with Crippen molar-refractivity contribution in [3.8, 4) is 0 Å². The van der Waals surface area contributed by atoms with Crippen LogP contribution in [0.3, 0.4) is 0 Å². The molecule has 8 nitrogen and oxygen atoms in total. The minimum Gasteiger partial charge on any atom is -0.388 e. The second-order valence-corrected chi connectivity index (χ2v) is 6.99. The number of hydrogen-bond donors (Lipinski definition) is 2. The predicted octanol–water partition coefficient (Wildman–Crippen LogP) is 0.247. The fraction of sp³-hybridized carbons (Fsp3) is 0.308. The molecule has 0 atom stereocenters. The topological polar surface area (TPSA) is 117 Å². The van der Waals surface area contributed by atoms with Crippen LogP contribution in [-0.4, -0.2) is 38.9 Å². The highest BCUT2D eigenvalue weighted by Crippen LogP contribution is 2.21. The van der Waals surface area contributed by atoms with Gasteiger partial charge in [0.1, 0.15) is 12.3 Å². The molecule has 116 valence electrons. The van der Waals surface area contributed by atoms with Gasteiger partial charge >= 0.3 is 5.69 Å². The molecule has 0 saturated carbocycles. The molecule has 0 spiro atoms. The fourth-order valence-electron chi connectivity index (χ4n) is 2.31. The van der Waals surface area contributed by atoms with Gasteiger partial charge < -0.3 is 10.1 Å². The number of nitrogens with one attached hydrogen (secondary N) is 1. The van der Waals surface area contributed by atoms with Crippen molar-refractivity contribution in [2.75, 3.05) is 5.75 Å². The van der Waals surface area contributed by atoms with Gasteiger partial charge in [-0.2, -0.15) is 9.50 Å². The summed E-state index contributed by atoms with van der Waals surface area (Å²) in [5.74, 6) is 0.250. The van der Waals surface area contributed by atoms with Gasteiger partial charge in [0.25, 0.3) is 0 Å². The maximum Gasteiger partial charge on any atom is 0.370 e. The van der Waals surface area contributed by atoms with Crippen LogP contribution in [0.4, 0.5) is 0 Å². The smallest absolute Gasteiger partial charge is 0.370 e. The third kappa shape index (κ3) is 2.28. The first-order valence-corrected chi connectivity index (χ1v) is 8.37. The Morgan fingerprint density at radius 1 is 1.36 bits per heavy atom. The van der Waals surface area contributed by atoms with Gasteiger partial charge in [-0.3, -0.25) is 0 Å². The van der Waals surface area contributed by atoms with E-state index in [9.17, 15) is 13.2 Å². The van der Waals surface area contributed by atoms with Crippen molar-refractivity contribution in [1.29, 1.82) is 0 Å². The van der Waals surface area contributed by atoms with Crippen LogP contribution in [0, 0.1) is 0 Å². The minimum absolute atomic E-state index is 0.0483. The number of fused-ring (bicyclic) bond motifs is 3. The first-order chi connectivity index (χ1) is 10.5. The number of aromatic nitrogens is 4. The zero-order valence-electron chi connectivity index (χ0n) is 11.8. The zero-order valence-corrected chi connectivity index (χ0v) is 12.6. The molecule has 0 amide bonds. The van der Waals surface area contributed by atoms with E-state index in [-0.39, 0.29) is 23.1 Å². The average Bonchev–Trinajstić information content (AvgIpc) is 2.92.